The second-order valence-corrected chi connectivity index (χ2v) is 5.95. The number of benzene rings is 2. The predicted molar refractivity (Wildman–Crippen MR) is 74.2 cm³/mol. The Hall–Kier alpha value is -1.47. The summed E-state index contributed by atoms with van der Waals surface area (Å²) in [4.78, 5) is 0.204. The lowest BCUT2D eigenvalue weighted by molar-refractivity contribution is 0.186. The first kappa shape index (κ1) is 14.0. The number of hydrogen-bond acceptors (Lipinski definition) is 4. The number of rotatable bonds is 5. The molecule has 19 heavy (non-hydrogen) atoms. The third-order valence-electron chi connectivity index (χ3n) is 2.82. The Morgan fingerprint density at radius 2 is 1.84 bits per heavy atom. The van der Waals surface area contributed by atoms with Gasteiger partial charge in [0, 0.05) is 18.5 Å². The van der Waals surface area contributed by atoms with E-state index in [9.17, 15) is 13.5 Å². The van der Waals surface area contributed by atoms with E-state index in [0.717, 1.165) is 5.39 Å². The number of fused-ring (bicyclic) bond motifs is 1. The second kappa shape index (κ2) is 5.66. The first-order valence-electron chi connectivity index (χ1n) is 5.90. The minimum absolute atomic E-state index is 0.0120. The van der Waals surface area contributed by atoms with Crippen LogP contribution in [0.2, 0.25) is 0 Å². The number of aliphatic hydroxyl groups is 1. The second-order valence-electron chi connectivity index (χ2n) is 4.22. The molecule has 0 aliphatic carbocycles. The fraction of sp³-hybridized carbons (Fsp3) is 0.231. The van der Waals surface area contributed by atoms with E-state index in [1.54, 1.807) is 24.3 Å². The van der Waals surface area contributed by atoms with Gasteiger partial charge in [0.1, 0.15) is 0 Å². The van der Waals surface area contributed by atoms with Gasteiger partial charge in [0.2, 0.25) is 10.0 Å². The number of nitrogens with two attached hydrogens (primary N) is 1. The minimum Gasteiger partial charge on any atom is -0.390 e. The largest absolute Gasteiger partial charge is 0.390 e. The van der Waals surface area contributed by atoms with E-state index >= 15 is 0 Å². The van der Waals surface area contributed by atoms with Gasteiger partial charge < -0.3 is 10.8 Å². The van der Waals surface area contributed by atoms with Gasteiger partial charge in [-0.3, -0.25) is 0 Å². The molecule has 0 radical (unpaired) electrons. The van der Waals surface area contributed by atoms with Crippen molar-refractivity contribution in [2.24, 2.45) is 5.73 Å². The van der Waals surface area contributed by atoms with Gasteiger partial charge in [-0.2, -0.15) is 0 Å². The summed E-state index contributed by atoms with van der Waals surface area (Å²) in [5.41, 5.74) is 5.25. The molecule has 2 aromatic carbocycles. The van der Waals surface area contributed by atoms with Crippen molar-refractivity contribution in [2.75, 3.05) is 13.1 Å². The molecule has 0 heterocycles. The Labute approximate surface area is 112 Å². The molecule has 2 aromatic rings. The SMILES string of the molecule is NC[C@@H](O)CNS(=O)(=O)c1cccc2ccccc12. The van der Waals surface area contributed by atoms with Crippen molar-refractivity contribution in [3.05, 3.63) is 42.5 Å². The highest BCUT2D eigenvalue weighted by Crippen LogP contribution is 2.22. The van der Waals surface area contributed by atoms with E-state index in [1.165, 1.54) is 0 Å². The van der Waals surface area contributed by atoms with Crippen molar-refractivity contribution in [3.8, 4) is 0 Å². The van der Waals surface area contributed by atoms with Crippen molar-refractivity contribution >= 4 is 20.8 Å². The molecule has 1 atom stereocenters. The summed E-state index contributed by atoms with van der Waals surface area (Å²) in [7, 11) is -3.66. The fourth-order valence-corrected chi connectivity index (χ4v) is 3.10. The molecule has 0 amide bonds. The van der Waals surface area contributed by atoms with E-state index in [0.29, 0.717) is 5.39 Å². The Bertz CT molecular complexity index is 665. The third kappa shape index (κ3) is 3.10. The van der Waals surface area contributed by atoms with Gasteiger partial charge in [-0.25, -0.2) is 13.1 Å². The third-order valence-corrected chi connectivity index (χ3v) is 4.30. The molecule has 0 aliphatic rings. The van der Waals surface area contributed by atoms with Crippen molar-refractivity contribution < 1.29 is 13.5 Å². The molecule has 2 rings (SSSR count). The van der Waals surface area contributed by atoms with Crippen LogP contribution in [-0.2, 0) is 10.0 Å². The molecular weight excluding hydrogens is 264 g/mol. The van der Waals surface area contributed by atoms with Crippen LogP contribution in [0.15, 0.2) is 47.4 Å². The van der Waals surface area contributed by atoms with Crippen molar-refractivity contribution in [1.82, 2.24) is 4.72 Å². The van der Waals surface area contributed by atoms with Crippen LogP contribution in [0.1, 0.15) is 0 Å². The Kier molecular flexibility index (Phi) is 4.16. The zero-order valence-corrected chi connectivity index (χ0v) is 11.1. The summed E-state index contributed by atoms with van der Waals surface area (Å²) in [6.07, 6.45) is -0.884. The Morgan fingerprint density at radius 3 is 2.58 bits per heavy atom. The zero-order chi connectivity index (χ0) is 13.9. The molecule has 0 fully saturated rings. The molecule has 0 saturated carbocycles. The maximum Gasteiger partial charge on any atom is 0.241 e. The summed E-state index contributed by atoms with van der Waals surface area (Å²) in [6, 6.07) is 12.3. The molecule has 4 N–H and O–H groups in total. The molecule has 0 aromatic heterocycles. The van der Waals surface area contributed by atoms with Gasteiger partial charge in [-0.15, -0.1) is 0 Å². The van der Waals surface area contributed by atoms with Crippen LogP contribution in [0.25, 0.3) is 10.8 Å². The average Bonchev–Trinajstić information content (AvgIpc) is 2.44. The molecular formula is C13H16N2O3S. The van der Waals surface area contributed by atoms with Gasteiger partial charge in [0.25, 0.3) is 0 Å². The lowest BCUT2D eigenvalue weighted by Crippen LogP contribution is -2.36. The molecule has 0 aliphatic heterocycles. The fourth-order valence-electron chi connectivity index (χ4n) is 1.80. The monoisotopic (exact) mass is 280 g/mol. The van der Waals surface area contributed by atoms with E-state index in [4.69, 9.17) is 5.73 Å². The van der Waals surface area contributed by atoms with E-state index in [1.807, 2.05) is 18.2 Å². The first-order chi connectivity index (χ1) is 9.04. The number of aliphatic hydroxyl groups excluding tert-OH is 1. The lowest BCUT2D eigenvalue weighted by atomic mass is 10.1. The van der Waals surface area contributed by atoms with Gasteiger partial charge in [-0.1, -0.05) is 36.4 Å². The maximum absolute atomic E-state index is 12.2. The van der Waals surface area contributed by atoms with Gasteiger partial charge in [-0.05, 0) is 11.5 Å². The highest BCUT2D eigenvalue weighted by atomic mass is 32.2. The number of sulfonamides is 1. The van der Waals surface area contributed by atoms with Crippen molar-refractivity contribution in [1.29, 1.82) is 0 Å². The van der Waals surface area contributed by atoms with Crippen LogP contribution >= 0.6 is 0 Å². The average molecular weight is 280 g/mol. The number of hydrogen-bond donors (Lipinski definition) is 3. The highest BCUT2D eigenvalue weighted by Gasteiger charge is 2.17. The lowest BCUT2D eigenvalue weighted by Gasteiger charge is -2.12. The molecule has 0 unspecified atom stereocenters. The van der Waals surface area contributed by atoms with Crippen molar-refractivity contribution in [3.63, 3.8) is 0 Å². The minimum atomic E-state index is -3.66. The van der Waals surface area contributed by atoms with E-state index in [-0.39, 0.29) is 18.0 Å². The quantitative estimate of drug-likeness (QED) is 0.741. The summed E-state index contributed by atoms with van der Waals surface area (Å²) in [5, 5.41) is 10.8. The van der Waals surface area contributed by atoms with Gasteiger partial charge >= 0.3 is 0 Å². The zero-order valence-electron chi connectivity index (χ0n) is 10.3. The summed E-state index contributed by atoms with van der Waals surface area (Å²) in [6.45, 7) is -0.0832. The molecule has 0 bridgehead atoms. The summed E-state index contributed by atoms with van der Waals surface area (Å²) in [5.74, 6) is 0. The van der Waals surface area contributed by atoms with Crippen LogP contribution in [0.4, 0.5) is 0 Å². The van der Waals surface area contributed by atoms with Gasteiger partial charge in [0.05, 0.1) is 11.0 Å². The Morgan fingerprint density at radius 1 is 1.16 bits per heavy atom. The van der Waals surface area contributed by atoms with Crippen LogP contribution in [-0.4, -0.2) is 32.7 Å². The van der Waals surface area contributed by atoms with Crippen LogP contribution in [0.3, 0.4) is 0 Å². The summed E-state index contributed by atoms with van der Waals surface area (Å²) < 4.78 is 26.8. The molecule has 6 heteroatoms. The Balaban J connectivity index is 2.38. The molecule has 102 valence electrons. The highest BCUT2D eigenvalue weighted by molar-refractivity contribution is 7.89. The van der Waals surface area contributed by atoms with Crippen LogP contribution in [0, 0.1) is 0 Å². The maximum atomic E-state index is 12.2. The van der Waals surface area contributed by atoms with Gasteiger partial charge in [0.15, 0.2) is 0 Å². The van der Waals surface area contributed by atoms with E-state index < -0.39 is 16.1 Å². The number of nitrogens with one attached hydrogen (secondary N) is 1. The normalized spacial score (nSPS) is 13.6. The molecule has 0 spiro atoms. The standard InChI is InChI=1S/C13H16N2O3S/c14-8-11(16)9-15-19(17,18)13-7-3-5-10-4-1-2-6-12(10)13/h1-7,11,15-16H,8-9,14H2/t11-/m1/s1. The first-order valence-corrected chi connectivity index (χ1v) is 7.38. The van der Waals surface area contributed by atoms with Crippen LogP contribution < -0.4 is 10.5 Å². The smallest absolute Gasteiger partial charge is 0.241 e. The summed E-state index contributed by atoms with van der Waals surface area (Å²) >= 11 is 0. The predicted octanol–water partition coefficient (Wildman–Crippen LogP) is 0.438. The molecule has 5 nitrogen and oxygen atoms in total. The topological polar surface area (TPSA) is 92.4 Å². The molecule has 0 saturated heterocycles. The van der Waals surface area contributed by atoms with Crippen molar-refractivity contribution in [2.45, 2.75) is 11.0 Å². The van der Waals surface area contributed by atoms with E-state index in [2.05, 4.69) is 4.72 Å². The van der Waals surface area contributed by atoms with Crippen LogP contribution in [0.5, 0.6) is 0 Å².